The fourth-order valence-electron chi connectivity index (χ4n) is 1.95. The minimum absolute atomic E-state index is 0.192. The van der Waals surface area contributed by atoms with E-state index in [2.05, 4.69) is 0 Å². The van der Waals surface area contributed by atoms with Gasteiger partial charge in [-0.2, -0.15) is 0 Å². The van der Waals surface area contributed by atoms with E-state index >= 15 is 0 Å². The summed E-state index contributed by atoms with van der Waals surface area (Å²) in [7, 11) is 0. The van der Waals surface area contributed by atoms with Gasteiger partial charge < -0.3 is 10.5 Å². The molecule has 3 heteroatoms. The van der Waals surface area contributed by atoms with Crippen LogP contribution in [0.4, 0.5) is 4.39 Å². The molecular formula is C12H16FNO. The molecule has 2 rings (SSSR count). The number of benzene rings is 1. The maximum Gasteiger partial charge on any atom is 0.123 e. The average Bonchev–Trinajstić information content (AvgIpc) is 2.25. The molecule has 1 saturated heterocycles. The molecule has 2 atom stereocenters. The van der Waals surface area contributed by atoms with E-state index in [0.717, 1.165) is 31.6 Å². The number of ether oxygens (including phenoxy) is 1. The maximum absolute atomic E-state index is 12.7. The van der Waals surface area contributed by atoms with Gasteiger partial charge in [0.05, 0.1) is 6.61 Å². The van der Waals surface area contributed by atoms with E-state index in [1.165, 1.54) is 12.1 Å². The number of nitrogens with two attached hydrogens (primary N) is 1. The molecular weight excluding hydrogens is 193 g/mol. The molecule has 0 amide bonds. The van der Waals surface area contributed by atoms with E-state index in [0.29, 0.717) is 5.92 Å². The molecule has 15 heavy (non-hydrogen) atoms. The summed E-state index contributed by atoms with van der Waals surface area (Å²) in [6.07, 6.45) is 1.80. The van der Waals surface area contributed by atoms with Crippen LogP contribution in [0.2, 0.25) is 0 Å². The standard InChI is InChI=1S/C12H16FNO/c13-11-3-1-9(2-4-11)7-10-8-15-6-5-12(10)14/h1-4,10,12H,5-8,14H2. The van der Waals surface area contributed by atoms with Gasteiger partial charge in [-0.25, -0.2) is 4.39 Å². The van der Waals surface area contributed by atoms with Gasteiger partial charge in [0.15, 0.2) is 0 Å². The Labute approximate surface area is 89.2 Å². The molecule has 0 spiro atoms. The molecule has 0 aliphatic carbocycles. The van der Waals surface area contributed by atoms with Crippen molar-refractivity contribution in [2.75, 3.05) is 13.2 Å². The fourth-order valence-corrected chi connectivity index (χ4v) is 1.95. The predicted octanol–water partition coefficient (Wildman–Crippen LogP) is 1.73. The molecule has 2 unspecified atom stereocenters. The van der Waals surface area contributed by atoms with Gasteiger partial charge in [0.2, 0.25) is 0 Å². The second-order valence-electron chi connectivity index (χ2n) is 4.12. The first-order valence-electron chi connectivity index (χ1n) is 5.33. The van der Waals surface area contributed by atoms with Crippen molar-refractivity contribution >= 4 is 0 Å². The van der Waals surface area contributed by atoms with Crippen molar-refractivity contribution in [3.05, 3.63) is 35.6 Å². The fraction of sp³-hybridized carbons (Fsp3) is 0.500. The number of rotatable bonds is 2. The zero-order valence-electron chi connectivity index (χ0n) is 8.66. The van der Waals surface area contributed by atoms with Crippen molar-refractivity contribution in [3.8, 4) is 0 Å². The van der Waals surface area contributed by atoms with E-state index in [-0.39, 0.29) is 11.9 Å². The summed E-state index contributed by atoms with van der Waals surface area (Å²) in [5, 5.41) is 0. The van der Waals surface area contributed by atoms with Crippen LogP contribution in [0.3, 0.4) is 0 Å². The first-order chi connectivity index (χ1) is 7.25. The molecule has 0 bridgehead atoms. The van der Waals surface area contributed by atoms with Gasteiger partial charge in [-0.05, 0) is 30.5 Å². The number of halogens is 1. The molecule has 1 heterocycles. The molecule has 2 nitrogen and oxygen atoms in total. The van der Waals surface area contributed by atoms with Crippen LogP contribution < -0.4 is 5.73 Å². The van der Waals surface area contributed by atoms with E-state index < -0.39 is 0 Å². The van der Waals surface area contributed by atoms with Crippen molar-refractivity contribution in [3.63, 3.8) is 0 Å². The minimum atomic E-state index is -0.192. The lowest BCUT2D eigenvalue weighted by Gasteiger charge is -2.28. The quantitative estimate of drug-likeness (QED) is 0.805. The molecule has 0 saturated carbocycles. The summed E-state index contributed by atoms with van der Waals surface area (Å²) in [4.78, 5) is 0. The summed E-state index contributed by atoms with van der Waals surface area (Å²) < 4.78 is 18.1. The highest BCUT2D eigenvalue weighted by atomic mass is 19.1. The molecule has 1 aliphatic rings. The average molecular weight is 209 g/mol. The lowest BCUT2D eigenvalue weighted by atomic mass is 9.90. The van der Waals surface area contributed by atoms with Gasteiger partial charge in [-0.15, -0.1) is 0 Å². The van der Waals surface area contributed by atoms with Crippen LogP contribution in [0.25, 0.3) is 0 Å². The first-order valence-corrected chi connectivity index (χ1v) is 5.33. The summed E-state index contributed by atoms with van der Waals surface area (Å²) in [5.74, 6) is 0.173. The van der Waals surface area contributed by atoms with Crippen LogP contribution in [-0.2, 0) is 11.2 Å². The Balaban J connectivity index is 1.98. The highest BCUT2D eigenvalue weighted by Crippen LogP contribution is 2.18. The van der Waals surface area contributed by atoms with Crippen LogP contribution in [0.15, 0.2) is 24.3 Å². The van der Waals surface area contributed by atoms with Gasteiger partial charge >= 0.3 is 0 Å². The Hall–Kier alpha value is -0.930. The zero-order valence-corrected chi connectivity index (χ0v) is 8.66. The van der Waals surface area contributed by atoms with Gasteiger partial charge in [0, 0.05) is 18.6 Å². The van der Waals surface area contributed by atoms with Crippen LogP contribution in [0.5, 0.6) is 0 Å². The summed E-state index contributed by atoms with van der Waals surface area (Å²) in [6.45, 7) is 1.49. The van der Waals surface area contributed by atoms with E-state index in [1.807, 2.05) is 12.1 Å². The van der Waals surface area contributed by atoms with Crippen LogP contribution in [0.1, 0.15) is 12.0 Å². The van der Waals surface area contributed by atoms with Crippen LogP contribution >= 0.6 is 0 Å². The Kier molecular flexibility index (Phi) is 3.34. The third-order valence-corrected chi connectivity index (χ3v) is 2.94. The van der Waals surface area contributed by atoms with E-state index in [4.69, 9.17) is 10.5 Å². The third kappa shape index (κ3) is 2.76. The Morgan fingerprint density at radius 2 is 2.07 bits per heavy atom. The van der Waals surface area contributed by atoms with Crippen molar-refractivity contribution < 1.29 is 9.13 Å². The Bertz CT molecular complexity index is 312. The Morgan fingerprint density at radius 1 is 1.33 bits per heavy atom. The van der Waals surface area contributed by atoms with Crippen molar-refractivity contribution in [2.24, 2.45) is 11.7 Å². The second kappa shape index (κ2) is 4.73. The normalized spacial score (nSPS) is 26.5. The third-order valence-electron chi connectivity index (χ3n) is 2.94. The number of hydrogen-bond donors (Lipinski definition) is 1. The summed E-state index contributed by atoms with van der Waals surface area (Å²) >= 11 is 0. The van der Waals surface area contributed by atoms with Crippen molar-refractivity contribution in [1.29, 1.82) is 0 Å². The minimum Gasteiger partial charge on any atom is -0.381 e. The SMILES string of the molecule is NC1CCOCC1Cc1ccc(F)cc1. The van der Waals surface area contributed by atoms with Crippen LogP contribution in [-0.4, -0.2) is 19.3 Å². The lowest BCUT2D eigenvalue weighted by molar-refractivity contribution is 0.0422. The van der Waals surface area contributed by atoms with Crippen molar-refractivity contribution in [1.82, 2.24) is 0 Å². The lowest BCUT2D eigenvalue weighted by Crippen LogP contribution is -2.39. The van der Waals surface area contributed by atoms with Gasteiger partial charge in [0.1, 0.15) is 5.82 Å². The molecule has 1 aromatic rings. The van der Waals surface area contributed by atoms with Crippen molar-refractivity contribution in [2.45, 2.75) is 18.9 Å². The summed E-state index contributed by atoms with van der Waals surface area (Å²) in [5.41, 5.74) is 7.13. The molecule has 0 radical (unpaired) electrons. The number of hydrogen-bond acceptors (Lipinski definition) is 2. The first kappa shape index (κ1) is 10.6. The van der Waals surface area contributed by atoms with Gasteiger partial charge in [-0.1, -0.05) is 12.1 Å². The highest BCUT2D eigenvalue weighted by molar-refractivity contribution is 5.17. The molecule has 2 N–H and O–H groups in total. The zero-order chi connectivity index (χ0) is 10.7. The largest absolute Gasteiger partial charge is 0.381 e. The van der Waals surface area contributed by atoms with E-state index in [1.54, 1.807) is 0 Å². The van der Waals surface area contributed by atoms with Gasteiger partial charge in [0.25, 0.3) is 0 Å². The molecule has 1 aromatic carbocycles. The molecule has 1 aliphatic heterocycles. The topological polar surface area (TPSA) is 35.2 Å². The molecule has 82 valence electrons. The van der Waals surface area contributed by atoms with Gasteiger partial charge in [-0.3, -0.25) is 0 Å². The molecule has 0 aromatic heterocycles. The maximum atomic E-state index is 12.7. The second-order valence-corrected chi connectivity index (χ2v) is 4.12. The smallest absolute Gasteiger partial charge is 0.123 e. The van der Waals surface area contributed by atoms with E-state index in [9.17, 15) is 4.39 Å². The molecule has 1 fully saturated rings. The highest BCUT2D eigenvalue weighted by Gasteiger charge is 2.22. The Morgan fingerprint density at radius 3 is 2.73 bits per heavy atom. The predicted molar refractivity (Wildman–Crippen MR) is 57.0 cm³/mol. The van der Waals surface area contributed by atoms with Crippen LogP contribution in [0, 0.1) is 11.7 Å². The monoisotopic (exact) mass is 209 g/mol. The summed E-state index contributed by atoms with van der Waals surface area (Å²) in [6, 6.07) is 6.83.